The molecule has 8 heteroatoms. The summed E-state index contributed by atoms with van der Waals surface area (Å²) in [4.78, 5) is 24.2. The molecule has 0 aliphatic heterocycles. The van der Waals surface area contributed by atoms with Crippen LogP contribution in [0.4, 0.5) is 0 Å². The van der Waals surface area contributed by atoms with E-state index in [1.807, 2.05) is 0 Å². The molecule has 0 unspecified atom stereocenters. The van der Waals surface area contributed by atoms with Crippen molar-refractivity contribution in [1.29, 1.82) is 0 Å². The molecule has 0 radical (unpaired) electrons. The lowest BCUT2D eigenvalue weighted by atomic mass is 10.0. The number of benzene rings is 2. The van der Waals surface area contributed by atoms with Crippen LogP contribution in [0, 0.1) is 0 Å². The number of para-hydroxylation sites is 1. The molecule has 0 aliphatic rings. The summed E-state index contributed by atoms with van der Waals surface area (Å²) >= 11 is 0. The van der Waals surface area contributed by atoms with Crippen molar-refractivity contribution in [3.8, 4) is 0 Å². The lowest BCUT2D eigenvalue weighted by Crippen LogP contribution is -2.13. The van der Waals surface area contributed by atoms with Gasteiger partial charge in [-0.2, -0.15) is 0 Å². The first-order valence-electron chi connectivity index (χ1n) is 7.24. The average molecular weight is 361 g/mol. The Kier molecular flexibility index (Phi) is 4.00. The van der Waals surface area contributed by atoms with Crippen LogP contribution in [-0.2, 0) is 19.5 Å². The molecule has 0 saturated carbocycles. The summed E-state index contributed by atoms with van der Waals surface area (Å²) in [6.07, 6.45) is 1.07. The van der Waals surface area contributed by atoms with E-state index in [1.54, 1.807) is 24.3 Å². The van der Waals surface area contributed by atoms with Crippen LogP contribution in [0.25, 0.3) is 21.8 Å². The zero-order valence-electron chi connectivity index (χ0n) is 13.8. The Hall–Kier alpha value is -2.87. The fourth-order valence-electron chi connectivity index (χ4n) is 2.90. The zero-order valence-corrected chi connectivity index (χ0v) is 14.6. The van der Waals surface area contributed by atoms with Gasteiger partial charge in [0.05, 0.1) is 42.6 Å². The van der Waals surface area contributed by atoms with Crippen molar-refractivity contribution in [1.82, 2.24) is 3.97 Å². The van der Waals surface area contributed by atoms with Crippen molar-refractivity contribution in [3.05, 3.63) is 47.5 Å². The number of carbonyl (C=O) groups is 2. The van der Waals surface area contributed by atoms with Gasteiger partial charge in [0.1, 0.15) is 0 Å². The van der Waals surface area contributed by atoms with Gasteiger partial charge in [-0.05, 0) is 18.2 Å². The van der Waals surface area contributed by atoms with E-state index in [0.717, 1.165) is 10.2 Å². The second-order valence-corrected chi connectivity index (χ2v) is 7.27. The number of hydrogen-bond donors (Lipinski definition) is 0. The molecule has 0 aliphatic carbocycles. The Balaban J connectivity index is 2.56. The maximum Gasteiger partial charge on any atom is 0.338 e. The molecule has 0 fully saturated rings. The van der Waals surface area contributed by atoms with Gasteiger partial charge < -0.3 is 9.47 Å². The standard InChI is InChI=1S/C17H15NO6S/c1-23-16(19)12-8-11-10-6-4-5-7-14(10)18(25(3,21)22)15(11)9-13(12)17(20)24-2/h4-9H,1-3H3. The minimum atomic E-state index is -3.65. The lowest BCUT2D eigenvalue weighted by molar-refractivity contribution is 0.0555. The van der Waals surface area contributed by atoms with E-state index in [-0.39, 0.29) is 16.6 Å². The maximum absolute atomic E-state index is 12.3. The van der Waals surface area contributed by atoms with E-state index in [9.17, 15) is 18.0 Å². The van der Waals surface area contributed by atoms with E-state index in [2.05, 4.69) is 0 Å². The highest BCUT2D eigenvalue weighted by molar-refractivity contribution is 7.89. The predicted molar refractivity (Wildman–Crippen MR) is 92.4 cm³/mol. The molecule has 0 bridgehead atoms. The third kappa shape index (κ3) is 2.64. The molecule has 0 amide bonds. The Labute approximate surface area is 143 Å². The molecular weight excluding hydrogens is 346 g/mol. The summed E-state index contributed by atoms with van der Waals surface area (Å²) in [6, 6.07) is 9.68. The molecule has 130 valence electrons. The summed E-state index contributed by atoms with van der Waals surface area (Å²) < 4.78 is 35.2. The van der Waals surface area contributed by atoms with Gasteiger partial charge in [0, 0.05) is 10.8 Å². The van der Waals surface area contributed by atoms with E-state index < -0.39 is 22.0 Å². The van der Waals surface area contributed by atoms with Gasteiger partial charge in [0.15, 0.2) is 0 Å². The first-order chi connectivity index (χ1) is 11.8. The molecule has 1 aromatic heterocycles. The van der Waals surface area contributed by atoms with Crippen molar-refractivity contribution in [2.75, 3.05) is 20.5 Å². The molecule has 3 aromatic rings. The number of nitrogens with zero attached hydrogens (tertiary/aromatic N) is 1. The largest absolute Gasteiger partial charge is 0.465 e. The summed E-state index contributed by atoms with van der Waals surface area (Å²) in [6.45, 7) is 0. The van der Waals surface area contributed by atoms with Gasteiger partial charge in [-0.1, -0.05) is 18.2 Å². The molecule has 25 heavy (non-hydrogen) atoms. The second kappa shape index (κ2) is 5.89. The normalized spacial score (nSPS) is 11.6. The molecule has 0 atom stereocenters. The van der Waals surface area contributed by atoms with Crippen LogP contribution in [0.1, 0.15) is 20.7 Å². The highest BCUT2D eigenvalue weighted by atomic mass is 32.2. The van der Waals surface area contributed by atoms with Gasteiger partial charge in [0.2, 0.25) is 10.0 Å². The van der Waals surface area contributed by atoms with Crippen molar-refractivity contribution >= 4 is 43.8 Å². The van der Waals surface area contributed by atoms with Gasteiger partial charge in [0.25, 0.3) is 0 Å². The monoisotopic (exact) mass is 361 g/mol. The van der Waals surface area contributed by atoms with Crippen LogP contribution in [-0.4, -0.2) is 44.8 Å². The first kappa shape index (κ1) is 17.0. The number of aromatic nitrogens is 1. The highest BCUT2D eigenvalue weighted by Gasteiger charge is 2.24. The Morgan fingerprint density at radius 1 is 0.880 bits per heavy atom. The molecule has 0 N–H and O–H groups in total. The minimum Gasteiger partial charge on any atom is -0.465 e. The number of methoxy groups -OCH3 is 2. The van der Waals surface area contributed by atoms with Crippen LogP contribution in [0.15, 0.2) is 36.4 Å². The molecule has 3 rings (SSSR count). The summed E-state index contributed by atoms with van der Waals surface area (Å²) in [7, 11) is -1.27. The zero-order chi connectivity index (χ0) is 18.4. The molecule has 0 spiro atoms. The van der Waals surface area contributed by atoms with E-state index in [0.29, 0.717) is 16.3 Å². The maximum atomic E-state index is 12.3. The highest BCUT2D eigenvalue weighted by Crippen LogP contribution is 2.32. The molecule has 2 aromatic carbocycles. The number of fused-ring (bicyclic) bond motifs is 3. The van der Waals surface area contributed by atoms with E-state index in [1.165, 1.54) is 26.4 Å². The molecule has 0 saturated heterocycles. The van der Waals surface area contributed by atoms with Crippen LogP contribution >= 0.6 is 0 Å². The predicted octanol–water partition coefficient (Wildman–Crippen LogP) is 2.18. The SMILES string of the molecule is COC(=O)c1cc2c3ccccc3n(S(C)(=O)=O)c2cc1C(=O)OC. The lowest BCUT2D eigenvalue weighted by Gasteiger charge is -2.09. The minimum absolute atomic E-state index is 0.0123. The Morgan fingerprint density at radius 2 is 1.44 bits per heavy atom. The molecular formula is C17H15NO6S. The number of esters is 2. The van der Waals surface area contributed by atoms with Crippen molar-refractivity contribution in [2.45, 2.75) is 0 Å². The smallest absolute Gasteiger partial charge is 0.338 e. The van der Waals surface area contributed by atoms with Crippen LogP contribution < -0.4 is 0 Å². The van der Waals surface area contributed by atoms with E-state index >= 15 is 0 Å². The third-order valence-electron chi connectivity index (χ3n) is 3.91. The number of rotatable bonds is 3. The Morgan fingerprint density at radius 3 is 2.00 bits per heavy atom. The van der Waals surface area contributed by atoms with E-state index in [4.69, 9.17) is 9.47 Å². The summed E-state index contributed by atoms with van der Waals surface area (Å²) in [5.41, 5.74) is 0.697. The fraction of sp³-hybridized carbons (Fsp3) is 0.176. The summed E-state index contributed by atoms with van der Waals surface area (Å²) in [5.74, 6) is -1.47. The quantitative estimate of drug-likeness (QED) is 0.664. The topological polar surface area (TPSA) is 91.7 Å². The van der Waals surface area contributed by atoms with Gasteiger partial charge in [-0.15, -0.1) is 0 Å². The van der Waals surface area contributed by atoms with Gasteiger partial charge in [-0.25, -0.2) is 22.0 Å². The van der Waals surface area contributed by atoms with Crippen molar-refractivity contribution < 1.29 is 27.5 Å². The van der Waals surface area contributed by atoms with Crippen LogP contribution in [0.3, 0.4) is 0 Å². The Bertz CT molecular complexity index is 1130. The first-order valence-corrected chi connectivity index (χ1v) is 9.08. The summed E-state index contributed by atoms with van der Waals surface area (Å²) in [5, 5.41) is 1.17. The van der Waals surface area contributed by atoms with Crippen LogP contribution in [0.5, 0.6) is 0 Å². The third-order valence-corrected chi connectivity index (χ3v) is 4.97. The number of hydrogen-bond acceptors (Lipinski definition) is 6. The second-order valence-electron chi connectivity index (χ2n) is 5.44. The average Bonchev–Trinajstić information content (AvgIpc) is 2.92. The van der Waals surface area contributed by atoms with Crippen molar-refractivity contribution in [3.63, 3.8) is 0 Å². The number of ether oxygens (including phenoxy) is 2. The fourth-order valence-corrected chi connectivity index (χ4v) is 3.92. The van der Waals surface area contributed by atoms with Crippen molar-refractivity contribution in [2.24, 2.45) is 0 Å². The number of carbonyl (C=O) groups excluding carboxylic acids is 2. The van der Waals surface area contributed by atoms with Gasteiger partial charge >= 0.3 is 11.9 Å². The van der Waals surface area contributed by atoms with Gasteiger partial charge in [-0.3, -0.25) is 0 Å². The van der Waals surface area contributed by atoms with Crippen LogP contribution in [0.2, 0.25) is 0 Å². The molecule has 1 heterocycles. The molecule has 7 nitrogen and oxygen atoms in total.